The summed E-state index contributed by atoms with van der Waals surface area (Å²) in [4.78, 5) is 33.8. The van der Waals surface area contributed by atoms with E-state index < -0.39 is 30.3 Å². The lowest BCUT2D eigenvalue weighted by Gasteiger charge is -2.12. The molecule has 1 rings (SSSR count). The summed E-state index contributed by atoms with van der Waals surface area (Å²) in [6, 6.07) is -0.0734. The molecule has 0 spiro atoms. The largest absolute Gasteiger partial charge is 0.480 e. The van der Waals surface area contributed by atoms with Crippen molar-refractivity contribution < 1.29 is 24.2 Å². The number of halogens is 2. The van der Waals surface area contributed by atoms with Gasteiger partial charge in [0.1, 0.15) is 10.4 Å². The van der Waals surface area contributed by atoms with Crippen molar-refractivity contribution in [3.05, 3.63) is 20.3 Å². The Hall–Kier alpha value is -1.31. The Morgan fingerprint density at radius 1 is 1.47 bits per heavy atom. The topological polar surface area (TPSA) is 92.7 Å². The monoisotopic (exact) mass is 325 g/mol. The van der Waals surface area contributed by atoms with Crippen molar-refractivity contribution in [3.8, 4) is 0 Å². The highest BCUT2D eigenvalue weighted by Crippen LogP contribution is 2.31. The lowest BCUT2D eigenvalue weighted by molar-refractivity contribution is -0.147. The second-order valence-corrected chi connectivity index (χ2v) is 5.67. The molecule has 19 heavy (non-hydrogen) atoms. The number of aliphatic carboxylic acids is 1. The fourth-order valence-electron chi connectivity index (χ4n) is 1.18. The molecule has 0 fully saturated rings. The van der Waals surface area contributed by atoms with Gasteiger partial charge in [-0.25, -0.2) is 4.79 Å². The predicted octanol–water partition coefficient (Wildman–Crippen LogP) is 1.80. The number of methoxy groups -OCH3 is 1. The molecule has 0 saturated heterocycles. The molecule has 0 radical (unpaired) electrons. The van der Waals surface area contributed by atoms with E-state index >= 15 is 0 Å². The smallest absolute Gasteiger partial charge is 0.326 e. The average molecular weight is 326 g/mol. The van der Waals surface area contributed by atoms with Crippen LogP contribution in [-0.2, 0) is 14.3 Å². The molecule has 9 heteroatoms. The number of amides is 1. The summed E-state index contributed by atoms with van der Waals surface area (Å²) in [5, 5.41) is 11.1. The van der Waals surface area contributed by atoms with E-state index in [1.165, 1.54) is 6.07 Å². The predicted molar refractivity (Wildman–Crippen MR) is 69.9 cm³/mol. The maximum atomic E-state index is 11.8. The standard InChI is InChI=1S/C10H9Cl2NO5S/c1-18-7(14)3-5(10(16)17)13-9(15)4-2-6(11)19-8(4)12/h2,5H,3H2,1H3,(H,13,15)(H,16,17)/t5-/m0/s1. The van der Waals surface area contributed by atoms with Crippen LogP contribution in [0.1, 0.15) is 16.8 Å². The molecule has 1 aromatic heterocycles. The summed E-state index contributed by atoms with van der Waals surface area (Å²) >= 11 is 12.4. The third-order valence-corrected chi connectivity index (χ3v) is 3.59. The van der Waals surface area contributed by atoms with Gasteiger partial charge in [0.2, 0.25) is 0 Å². The number of hydrogen-bond donors (Lipinski definition) is 2. The maximum Gasteiger partial charge on any atom is 0.326 e. The molecule has 0 aliphatic heterocycles. The summed E-state index contributed by atoms with van der Waals surface area (Å²) in [6.45, 7) is 0. The van der Waals surface area contributed by atoms with Crippen LogP contribution in [0.2, 0.25) is 8.67 Å². The average Bonchev–Trinajstić information content (AvgIpc) is 2.67. The lowest BCUT2D eigenvalue weighted by atomic mass is 10.2. The molecule has 0 aliphatic carbocycles. The number of carboxylic acids is 1. The molecule has 1 aromatic rings. The number of carboxylic acid groups (broad SMARTS) is 1. The van der Waals surface area contributed by atoms with Gasteiger partial charge in [-0.2, -0.15) is 0 Å². The highest BCUT2D eigenvalue weighted by atomic mass is 35.5. The molecule has 1 heterocycles. The highest BCUT2D eigenvalue weighted by Gasteiger charge is 2.25. The Balaban J connectivity index is 2.79. The van der Waals surface area contributed by atoms with E-state index in [1.54, 1.807) is 0 Å². The van der Waals surface area contributed by atoms with Crippen molar-refractivity contribution in [3.63, 3.8) is 0 Å². The van der Waals surface area contributed by atoms with Crippen LogP contribution >= 0.6 is 34.5 Å². The maximum absolute atomic E-state index is 11.8. The normalized spacial score (nSPS) is 11.7. The molecule has 104 valence electrons. The van der Waals surface area contributed by atoms with Crippen molar-refractivity contribution in [2.45, 2.75) is 12.5 Å². The van der Waals surface area contributed by atoms with Crippen LogP contribution in [0.15, 0.2) is 6.07 Å². The van der Waals surface area contributed by atoms with Gasteiger partial charge >= 0.3 is 11.9 Å². The molecule has 0 bridgehead atoms. The van der Waals surface area contributed by atoms with E-state index in [-0.39, 0.29) is 9.90 Å². The van der Waals surface area contributed by atoms with Crippen LogP contribution in [0.5, 0.6) is 0 Å². The molecule has 0 aliphatic rings. The molecule has 0 aromatic carbocycles. The van der Waals surface area contributed by atoms with Crippen molar-refractivity contribution in [2.75, 3.05) is 7.11 Å². The number of thiophene rings is 1. The van der Waals surface area contributed by atoms with Crippen LogP contribution < -0.4 is 5.32 Å². The number of carbonyl (C=O) groups excluding carboxylic acids is 2. The van der Waals surface area contributed by atoms with Gasteiger partial charge in [0.05, 0.1) is 23.4 Å². The Labute approximate surface area is 122 Å². The van der Waals surface area contributed by atoms with Crippen molar-refractivity contribution in [2.24, 2.45) is 0 Å². The van der Waals surface area contributed by atoms with Crippen LogP contribution in [0.4, 0.5) is 0 Å². The van der Waals surface area contributed by atoms with E-state index in [1.807, 2.05) is 0 Å². The van der Waals surface area contributed by atoms with Gasteiger partial charge in [-0.1, -0.05) is 23.2 Å². The second kappa shape index (κ2) is 6.74. The van der Waals surface area contributed by atoms with E-state index in [9.17, 15) is 14.4 Å². The SMILES string of the molecule is COC(=O)C[C@H](NC(=O)c1cc(Cl)sc1Cl)C(=O)O. The molecule has 0 unspecified atom stereocenters. The molecule has 6 nitrogen and oxygen atoms in total. The van der Waals surface area contributed by atoms with Crippen molar-refractivity contribution in [1.29, 1.82) is 0 Å². The minimum absolute atomic E-state index is 0.0628. The van der Waals surface area contributed by atoms with Gasteiger partial charge in [-0.05, 0) is 6.07 Å². The fraction of sp³-hybridized carbons (Fsp3) is 0.300. The third-order valence-electron chi connectivity index (χ3n) is 2.10. The number of rotatable bonds is 5. The van der Waals surface area contributed by atoms with E-state index in [2.05, 4.69) is 10.1 Å². The van der Waals surface area contributed by atoms with Crippen LogP contribution in [0.25, 0.3) is 0 Å². The number of carbonyl (C=O) groups is 3. The quantitative estimate of drug-likeness (QED) is 0.805. The molecular formula is C10H9Cl2NO5S. The molecule has 2 N–H and O–H groups in total. The van der Waals surface area contributed by atoms with Crippen LogP contribution in [0.3, 0.4) is 0 Å². The Morgan fingerprint density at radius 3 is 2.53 bits per heavy atom. The fourth-order valence-corrected chi connectivity index (χ4v) is 2.64. The van der Waals surface area contributed by atoms with E-state index in [4.69, 9.17) is 28.3 Å². The van der Waals surface area contributed by atoms with Crippen LogP contribution in [-0.4, -0.2) is 36.1 Å². The van der Waals surface area contributed by atoms with Crippen LogP contribution in [0, 0.1) is 0 Å². The Morgan fingerprint density at radius 2 is 2.11 bits per heavy atom. The number of ether oxygens (including phenoxy) is 1. The first-order valence-electron chi connectivity index (χ1n) is 4.90. The summed E-state index contributed by atoms with van der Waals surface area (Å²) < 4.78 is 4.79. The first-order chi connectivity index (χ1) is 8.85. The van der Waals surface area contributed by atoms with Gasteiger partial charge in [0, 0.05) is 0 Å². The van der Waals surface area contributed by atoms with Gasteiger partial charge < -0.3 is 15.2 Å². The second-order valence-electron chi connectivity index (χ2n) is 3.38. The summed E-state index contributed by atoms with van der Waals surface area (Å²) in [7, 11) is 1.12. The number of esters is 1. The molecule has 1 atom stereocenters. The van der Waals surface area contributed by atoms with Crippen molar-refractivity contribution in [1.82, 2.24) is 5.32 Å². The number of hydrogen-bond acceptors (Lipinski definition) is 5. The van der Waals surface area contributed by atoms with E-state index in [0.29, 0.717) is 4.34 Å². The Kier molecular flexibility index (Phi) is 5.59. The first kappa shape index (κ1) is 15.7. The zero-order valence-corrected chi connectivity index (χ0v) is 11.9. The molecular weight excluding hydrogens is 317 g/mol. The molecule has 1 amide bonds. The van der Waals surface area contributed by atoms with Gasteiger partial charge in [-0.15, -0.1) is 11.3 Å². The van der Waals surface area contributed by atoms with Gasteiger partial charge in [-0.3, -0.25) is 9.59 Å². The third kappa shape index (κ3) is 4.38. The number of nitrogens with one attached hydrogen (secondary N) is 1. The minimum atomic E-state index is -1.39. The molecule has 0 saturated carbocycles. The minimum Gasteiger partial charge on any atom is -0.480 e. The first-order valence-corrected chi connectivity index (χ1v) is 6.47. The van der Waals surface area contributed by atoms with Crippen molar-refractivity contribution >= 4 is 52.4 Å². The van der Waals surface area contributed by atoms with E-state index in [0.717, 1.165) is 18.4 Å². The Bertz CT molecular complexity index is 516. The summed E-state index contributed by atoms with van der Waals surface area (Å²) in [5.74, 6) is -2.82. The van der Waals surface area contributed by atoms with Gasteiger partial charge in [0.15, 0.2) is 0 Å². The lowest BCUT2D eigenvalue weighted by Crippen LogP contribution is -2.42. The summed E-state index contributed by atoms with van der Waals surface area (Å²) in [6.07, 6.45) is -0.479. The summed E-state index contributed by atoms with van der Waals surface area (Å²) in [5.41, 5.74) is 0.0628. The van der Waals surface area contributed by atoms with Gasteiger partial charge in [0.25, 0.3) is 5.91 Å². The zero-order valence-electron chi connectivity index (χ0n) is 9.61. The zero-order chi connectivity index (χ0) is 14.6. The highest BCUT2D eigenvalue weighted by molar-refractivity contribution is 7.20.